The molecular formula is C20H16F3N3O3S2. The summed E-state index contributed by atoms with van der Waals surface area (Å²) < 4.78 is 67.4. The Labute approximate surface area is 180 Å². The molecule has 2 aromatic carbocycles. The molecule has 0 atom stereocenters. The van der Waals surface area contributed by atoms with Crippen molar-refractivity contribution in [2.75, 3.05) is 26.2 Å². The summed E-state index contributed by atoms with van der Waals surface area (Å²) in [6, 6.07) is 8.39. The van der Waals surface area contributed by atoms with Crippen LogP contribution in [0.4, 0.5) is 13.2 Å². The first-order chi connectivity index (χ1) is 14.8. The molecule has 6 nitrogen and oxygen atoms in total. The highest BCUT2D eigenvalue weighted by molar-refractivity contribution is 7.89. The molecule has 11 heteroatoms. The third kappa shape index (κ3) is 4.21. The number of piperazine rings is 1. The number of hydrogen-bond donors (Lipinski definition) is 0. The van der Waals surface area contributed by atoms with Gasteiger partial charge in [-0.1, -0.05) is 12.1 Å². The average molecular weight is 467 g/mol. The number of hydrogen-bond acceptors (Lipinski definition) is 5. The highest BCUT2D eigenvalue weighted by Crippen LogP contribution is 2.27. The van der Waals surface area contributed by atoms with E-state index in [4.69, 9.17) is 0 Å². The number of carbonyl (C=O) groups excluding carboxylic acids is 1. The lowest BCUT2D eigenvalue weighted by Gasteiger charge is -2.33. The summed E-state index contributed by atoms with van der Waals surface area (Å²) in [5.74, 6) is -2.88. The summed E-state index contributed by atoms with van der Waals surface area (Å²) in [5, 5.41) is 1.90. The van der Waals surface area contributed by atoms with Crippen LogP contribution in [0.3, 0.4) is 0 Å². The van der Waals surface area contributed by atoms with E-state index in [1.807, 2.05) is 0 Å². The largest absolute Gasteiger partial charge is 0.335 e. The molecule has 1 aromatic heterocycles. The van der Waals surface area contributed by atoms with Crippen LogP contribution in [-0.4, -0.2) is 54.7 Å². The maximum atomic E-state index is 14.0. The molecule has 0 unspecified atom stereocenters. The molecule has 2 heterocycles. The van der Waals surface area contributed by atoms with E-state index >= 15 is 0 Å². The first kappa shape index (κ1) is 21.5. The lowest BCUT2D eigenvalue weighted by atomic mass is 10.2. The van der Waals surface area contributed by atoms with Crippen LogP contribution in [0.1, 0.15) is 10.5 Å². The van der Waals surface area contributed by atoms with Crippen LogP contribution in [0.15, 0.2) is 52.7 Å². The molecule has 0 aliphatic carbocycles. The minimum Gasteiger partial charge on any atom is -0.335 e. The van der Waals surface area contributed by atoms with Gasteiger partial charge in [0.1, 0.15) is 33.0 Å². The molecule has 162 valence electrons. The Hall–Kier alpha value is -2.76. The fraction of sp³-hybridized carbons (Fsp3) is 0.200. The maximum Gasteiger partial charge on any atom is 0.273 e. The second-order valence-electron chi connectivity index (χ2n) is 6.79. The van der Waals surface area contributed by atoms with Gasteiger partial charge >= 0.3 is 0 Å². The van der Waals surface area contributed by atoms with Gasteiger partial charge in [-0.05, 0) is 24.3 Å². The van der Waals surface area contributed by atoms with Crippen molar-refractivity contribution in [1.29, 1.82) is 0 Å². The predicted molar refractivity (Wildman–Crippen MR) is 109 cm³/mol. The quantitative estimate of drug-likeness (QED) is 0.590. The number of benzene rings is 2. The molecule has 0 radical (unpaired) electrons. The monoisotopic (exact) mass is 467 g/mol. The van der Waals surface area contributed by atoms with E-state index in [0.717, 1.165) is 27.8 Å². The average Bonchev–Trinajstić information content (AvgIpc) is 3.23. The molecular weight excluding hydrogens is 451 g/mol. The minimum absolute atomic E-state index is 0.0464. The molecule has 0 N–H and O–H groups in total. The second kappa shape index (κ2) is 8.40. The summed E-state index contributed by atoms with van der Waals surface area (Å²) in [6.45, 7) is 0.0608. The Balaban J connectivity index is 1.45. The minimum atomic E-state index is -4.16. The van der Waals surface area contributed by atoms with Gasteiger partial charge in [-0.3, -0.25) is 4.79 Å². The van der Waals surface area contributed by atoms with E-state index in [1.165, 1.54) is 16.3 Å². The van der Waals surface area contributed by atoms with Gasteiger partial charge in [0.2, 0.25) is 10.0 Å². The lowest BCUT2D eigenvalue weighted by Crippen LogP contribution is -2.50. The van der Waals surface area contributed by atoms with Crippen molar-refractivity contribution < 1.29 is 26.4 Å². The van der Waals surface area contributed by atoms with Gasteiger partial charge < -0.3 is 4.90 Å². The number of carbonyl (C=O) groups is 1. The summed E-state index contributed by atoms with van der Waals surface area (Å²) in [6.07, 6.45) is 0. The van der Waals surface area contributed by atoms with Crippen LogP contribution in [0.25, 0.3) is 10.6 Å². The topological polar surface area (TPSA) is 70.6 Å². The number of nitrogens with zero attached hydrogens (tertiary/aromatic N) is 3. The highest BCUT2D eigenvalue weighted by atomic mass is 32.2. The Morgan fingerprint density at radius 1 is 0.968 bits per heavy atom. The number of halogens is 3. The molecule has 31 heavy (non-hydrogen) atoms. The van der Waals surface area contributed by atoms with Gasteiger partial charge in [-0.2, -0.15) is 4.31 Å². The number of thiazole rings is 1. The zero-order valence-electron chi connectivity index (χ0n) is 16.0. The van der Waals surface area contributed by atoms with E-state index in [2.05, 4.69) is 4.98 Å². The molecule has 0 saturated carbocycles. The van der Waals surface area contributed by atoms with Gasteiger partial charge in [0.05, 0.1) is 0 Å². The normalized spacial score (nSPS) is 15.3. The molecule has 3 aromatic rings. The zero-order valence-corrected chi connectivity index (χ0v) is 17.6. The van der Waals surface area contributed by atoms with Crippen LogP contribution < -0.4 is 0 Å². The summed E-state index contributed by atoms with van der Waals surface area (Å²) in [7, 11) is -4.16. The standard InChI is InChI=1S/C20H16F3N3O3S2/c21-13-5-6-18(16(23)11-13)31(28,29)26-9-7-25(8-10-26)20(27)17-12-30-19(24-17)14-3-1-2-4-15(14)22/h1-6,11-12H,7-10H2. The Morgan fingerprint density at radius 3 is 2.35 bits per heavy atom. The van der Waals surface area contributed by atoms with Gasteiger partial charge in [0.15, 0.2) is 0 Å². The van der Waals surface area contributed by atoms with Crippen LogP contribution >= 0.6 is 11.3 Å². The SMILES string of the molecule is O=C(c1csc(-c2ccccc2F)n1)N1CCN(S(=O)(=O)c2ccc(F)cc2F)CC1. The Morgan fingerprint density at radius 2 is 1.68 bits per heavy atom. The van der Waals surface area contributed by atoms with Crippen molar-refractivity contribution in [2.45, 2.75) is 4.90 Å². The summed E-state index contributed by atoms with van der Waals surface area (Å²) in [4.78, 5) is 17.8. The number of aromatic nitrogens is 1. The van der Waals surface area contributed by atoms with Crippen molar-refractivity contribution in [3.05, 3.63) is 71.0 Å². The predicted octanol–water partition coefficient (Wildman–Crippen LogP) is 3.37. The van der Waals surface area contributed by atoms with E-state index < -0.39 is 38.3 Å². The molecule has 1 saturated heterocycles. The van der Waals surface area contributed by atoms with Crippen molar-refractivity contribution in [3.8, 4) is 10.6 Å². The van der Waals surface area contributed by atoms with E-state index in [9.17, 15) is 26.4 Å². The maximum absolute atomic E-state index is 14.0. The van der Waals surface area contributed by atoms with Crippen molar-refractivity contribution in [1.82, 2.24) is 14.2 Å². The second-order valence-corrected chi connectivity index (χ2v) is 9.55. The van der Waals surface area contributed by atoms with Gasteiger partial charge in [0.25, 0.3) is 5.91 Å². The lowest BCUT2D eigenvalue weighted by molar-refractivity contribution is 0.0692. The van der Waals surface area contributed by atoms with Crippen molar-refractivity contribution in [2.24, 2.45) is 0 Å². The van der Waals surface area contributed by atoms with Gasteiger partial charge in [-0.15, -0.1) is 11.3 Å². The fourth-order valence-corrected chi connectivity index (χ4v) is 5.54. The first-order valence-corrected chi connectivity index (χ1v) is 11.5. The molecule has 0 spiro atoms. The smallest absolute Gasteiger partial charge is 0.273 e. The third-order valence-electron chi connectivity index (χ3n) is 4.87. The van der Waals surface area contributed by atoms with Crippen LogP contribution in [0.2, 0.25) is 0 Å². The van der Waals surface area contributed by atoms with E-state index in [-0.39, 0.29) is 31.9 Å². The molecule has 1 aliphatic heterocycles. The zero-order chi connectivity index (χ0) is 22.2. The fourth-order valence-electron chi connectivity index (χ4n) is 3.25. The Bertz CT molecular complexity index is 1240. The van der Waals surface area contributed by atoms with Crippen LogP contribution in [0.5, 0.6) is 0 Å². The van der Waals surface area contributed by atoms with E-state index in [1.54, 1.807) is 18.2 Å². The third-order valence-corrected chi connectivity index (χ3v) is 7.67. The number of amides is 1. The van der Waals surface area contributed by atoms with Gasteiger partial charge in [0, 0.05) is 43.2 Å². The first-order valence-electron chi connectivity index (χ1n) is 9.22. The van der Waals surface area contributed by atoms with Crippen molar-refractivity contribution in [3.63, 3.8) is 0 Å². The molecule has 1 amide bonds. The molecule has 4 rings (SSSR count). The molecule has 0 bridgehead atoms. The molecule has 1 fully saturated rings. The highest BCUT2D eigenvalue weighted by Gasteiger charge is 2.33. The van der Waals surface area contributed by atoms with E-state index in [0.29, 0.717) is 16.6 Å². The Kier molecular flexibility index (Phi) is 5.82. The number of rotatable bonds is 4. The van der Waals surface area contributed by atoms with Crippen molar-refractivity contribution >= 4 is 27.3 Å². The summed E-state index contributed by atoms with van der Waals surface area (Å²) in [5.41, 5.74) is 0.438. The molecule has 1 aliphatic rings. The van der Waals surface area contributed by atoms with Crippen LogP contribution in [0, 0.1) is 17.5 Å². The van der Waals surface area contributed by atoms with Gasteiger partial charge in [-0.25, -0.2) is 26.6 Å². The summed E-state index contributed by atoms with van der Waals surface area (Å²) >= 11 is 1.14. The van der Waals surface area contributed by atoms with Crippen LogP contribution in [-0.2, 0) is 10.0 Å². The number of sulfonamides is 1.